The van der Waals surface area contributed by atoms with E-state index in [2.05, 4.69) is 44.2 Å². The van der Waals surface area contributed by atoms with E-state index < -0.39 is 0 Å². The van der Waals surface area contributed by atoms with E-state index in [0.717, 1.165) is 23.6 Å². The standard InChI is InChI=1S/C14H26N2O2/c1-11-12(7-13(18-11)8-15-4)9-17-10-14(2,3)16(5)6/h7,15H,8-10H2,1-6H3. The van der Waals surface area contributed by atoms with Gasteiger partial charge in [-0.25, -0.2) is 0 Å². The van der Waals surface area contributed by atoms with Gasteiger partial charge in [0.05, 0.1) is 19.8 Å². The van der Waals surface area contributed by atoms with Gasteiger partial charge in [0, 0.05) is 11.1 Å². The molecule has 104 valence electrons. The molecule has 0 amide bonds. The average Bonchev–Trinajstić information content (AvgIpc) is 2.59. The number of likely N-dealkylation sites (N-methyl/N-ethyl adjacent to an activating group) is 1. The van der Waals surface area contributed by atoms with Crippen molar-refractivity contribution in [3.05, 3.63) is 23.2 Å². The highest BCUT2D eigenvalue weighted by Crippen LogP contribution is 2.17. The van der Waals surface area contributed by atoms with Crippen LogP contribution in [0.4, 0.5) is 0 Å². The molecule has 0 radical (unpaired) electrons. The molecule has 0 bridgehead atoms. The molecular weight excluding hydrogens is 228 g/mol. The van der Waals surface area contributed by atoms with Crippen LogP contribution in [0.25, 0.3) is 0 Å². The first kappa shape index (κ1) is 15.2. The van der Waals surface area contributed by atoms with Crippen LogP contribution < -0.4 is 5.32 Å². The second-order valence-electron chi connectivity index (χ2n) is 5.52. The Kier molecular flexibility index (Phi) is 5.38. The predicted octanol–water partition coefficient (Wildman–Crippen LogP) is 2.16. The molecule has 0 atom stereocenters. The molecule has 0 saturated heterocycles. The fourth-order valence-corrected chi connectivity index (χ4v) is 1.53. The second-order valence-corrected chi connectivity index (χ2v) is 5.52. The van der Waals surface area contributed by atoms with E-state index >= 15 is 0 Å². The quantitative estimate of drug-likeness (QED) is 0.809. The molecule has 0 aliphatic heterocycles. The minimum Gasteiger partial charge on any atom is -0.465 e. The summed E-state index contributed by atoms with van der Waals surface area (Å²) in [4.78, 5) is 2.17. The van der Waals surface area contributed by atoms with Crippen LogP contribution >= 0.6 is 0 Å². The molecule has 1 N–H and O–H groups in total. The van der Waals surface area contributed by atoms with Crippen molar-refractivity contribution < 1.29 is 9.15 Å². The normalized spacial score (nSPS) is 12.4. The number of rotatable bonds is 7. The van der Waals surface area contributed by atoms with Crippen LogP contribution in [0.3, 0.4) is 0 Å². The molecule has 0 unspecified atom stereocenters. The van der Waals surface area contributed by atoms with Crippen LogP contribution in [0.1, 0.15) is 30.9 Å². The molecule has 0 spiro atoms. The Hall–Kier alpha value is -0.840. The summed E-state index contributed by atoms with van der Waals surface area (Å²) < 4.78 is 11.4. The maximum Gasteiger partial charge on any atom is 0.118 e. The number of aryl methyl sites for hydroxylation is 1. The van der Waals surface area contributed by atoms with Gasteiger partial charge in [0.2, 0.25) is 0 Å². The Balaban J connectivity index is 2.49. The minimum absolute atomic E-state index is 0.0471. The zero-order chi connectivity index (χ0) is 13.8. The Morgan fingerprint density at radius 3 is 2.61 bits per heavy atom. The third kappa shape index (κ3) is 4.12. The summed E-state index contributed by atoms with van der Waals surface area (Å²) in [6.45, 7) is 8.38. The van der Waals surface area contributed by atoms with Crippen LogP contribution in [0.2, 0.25) is 0 Å². The third-order valence-electron chi connectivity index (χ3n) is 3.35. The Morgan fingerprint density at radius 1 is 1.39 bits per heavy atom. The Bertz CT molecular complexity index is 370. The van der Waals surface area contributed by atoms with E-state index in [0.29, 0.717) is 13.2 Å². The highest BCUT2D eigenvalue weighted by atomic mass is 16.5. The molecule has 0 fully saturated rings. The van der Waals surface area contributed by atoms with Crippen LogP contribution in [0.5, 0.6) is 0 Å². The SMILES string of the molecule is CNCc1cc(COCC(C)(C)N(C)C)c(C)o1. The molecule has 0 aliphatic carbocycles. The predicted molar refractivity (Wildman–Crippen MR) is 73.6 cm³/mol. The summed E-state index contributed by atoms with van der Waals surface area (Å²) in [6, 6.07) is 2.06. The first-order chi connectivity index (χ1) is 8.36. The molecule has 1 aromatic heterocycles. The van der Waals surface area contributed by atoms with Gasteiger partial charge in [-0.2, -0.15) is 0 Å². The first-order valence-corrected chi connectivity index (χ1v) is 6.35. The van der Waals surface area contributed by atoms with E-state index in [4.69, 9.17) is 9.15 Å². The largest absolute Gasteiger partial charge is 0.465 e. The fourth-order valence-electron chi connectivity index (χ4n) is 1.53. The summed E-state index contributed by atoms with van der Waals surface area (Å²) in [5.41, 5.74) is 1.18. The van der Waals surface area contributed by atoms with Crippen molar-refractivity contribution in [2.45, 2.75) is 39.5 Å². The summed E-state index contributed by atoms with van der Waals surface area (Å²) in [7, 11) is 6.04. The van der Waals surface area contributed by atoms with Crippen molar-refractivity contribution >= 4 is 0 Å². The molecule has 4 heteroatoms. The van der Waals surface area contributed by atoms with E-state index in [1.807, 2.05) is 14.0 Å². The number of nitrogens with zero attached hydrogens (tertiary/aromatic N) is 1. The number of hydrogen-bond acceptors (Lipinski definition) is 4. The van der Waals surface area contributed by atoms with Crippen LogP contribution in [0, 0.1) is 6.92 Å². The van der Waals surface area contributed by atoms with E-state index in [1.54, 1.807) is 0 Å². The molecule has 0 saturated carbocycles. The lowest BCUT2D eigenvalue weighted by molar-refractivity contribution is 0.0270. The topological polar surface area (TPSA) is 37.6 Å². The molecule has 18 heavy (non-hydrogen) atoms. The lowest BCUT2D eigenvalue weighted by Gasteiger charge is -2.32. The van der Waals surface area contributed by atoms with Crippen molar-refractivity contribution in [3.63, 3.8) is 0 Å². The van der Waals surface area contributed by atoms with Gasteiger partial charge in [-0.15, -0.1) is 0 Å². The van der Waals surface area contributed by atoms with Gasteiger partial charge >= 0.3 is 0 Å². The highest BCUT2D eigenvalue weighted by Gasteiger charge is 2.20. The summed E-state index contributed by atoms with van der Waals surface area (Å²) in [5, 5.41) is 3.08. The summed E-state index contributed by atoms with van der Waals surface area (Å²) in [5.74, 6) is 1.91. The number of nitrogens with one attached hydrogen (secondary N) is 1. The minimum atomic E-state index is 0.0471. The van der Waals surface area contributed by atoms with Gasteiger partial charge in [-0.05, 0) is 48.0 Å². The zero-order valence-electron chi connectivity index (χ0n) is 12.5. The maximum atomic E-state index is 5.80. The molecule has 4 nitrogen and oxygen atoms in total. The molecule has 1 aromatic rings. The molecular formula is C14H26N2O2. The van der Waals surface area contributed by atoms with Crippen LogP contribution in [-0.2, 0) is 17.9 Å². The number of furan rings is 1. The van der Waals surface area contributed by atoms with Crippen molar-refractivity contribution in [3.8, 4) is 0 Å². The van der Waals surface area contributed by atoms with E-state index in [9.17, 15) is 0 Å². The van der Waals surface area contributed by atoms with Gasteiger partial charge in [0.25, 0.3) is 0 Å². The molecule has 0 aromatic carbocycles. The smallest absolute Gasteiger partial charge is 0.118 e. The van der Waals surface area contributed by atoms with Crippen LogP contribution in [-0.4, -0.2) is 38.2 Å². The van der Waals surface area contributed by atoms with Gasteiger partial charge in [0.1, 0.15) is 11.5 Å². The van der Waals surface area contributed by atoms with Crippen molar-refractivity contribution in [2.75, 3.05) is 27.7 Å². The van der Waals surface area contributed by atoms with Gasteiger partial charge < -0.3 is 19.4 Å². The molecule has 0 aliphatic rings. The lowest BCUT2D eigenvalue weighted by Crippen LogP contribution is -2.42. The maximum absolute atomic E-state index is 5.80. The summed E-state index contributed by atoms with van der Waals surface area (Å²) in [6.07, 6.45) is 0. The third-order valence-corrected chi connectivity index (χ3v) is 3.35. The lowest BCUT2D eigenvalue weighted by atomic mass is 10.1. The Morgan fingerprint density at radius 2 is 2.06 bits per heavy atom. The summed E-state index contributed by atoms with van der Waals surface area (Å²) >= 11 is 0. The van der Waals surface area contributed by atoms with E-state index in [1.165, 1.54) is 0 Å². The van der Waals surface area contributed by atoms with E-state index in [-0.39, 0.29) is 5.54 Å². The average molecular weight is 254 g/mol. The Labute approximate surface area is 110 Å². The van der Waals surface area contributed by atoms with Crippen LogP contribution in [0.15, 0.2) is 10.5 Å². The second kappa shape index (κ2) is 6.36. The number of hydrogen-bond donors (Lipinski definition) is 1. The van der Waals surface area contributed by atoms with Gasteiger partial charge in [0.15, 0.2) is 0 Å². The molecule has 1 heterocycles. The van der Waals surface area contributed by atoms with Crippen molar-refractivity contribution in [2.24, 2.45) is 0 Å². The fraction of sp³-hybridized carbons (Fsp3) is 0.714. The number of ether oxygens (including phenoxy) is 1. The first-order valence-electron chi connectivity index (χ1n) is 6.35. The zero-order valence-corrected chi connectivity index (χ0v) is 12.5. The van der Waals surface area contributed by atoms with Crippen molar-refractivity contribution in [1.82, 2.24) is 10.2 Å². The monoisotopic (exact) mass is 254 g/mol. The van der Waals surface area contributed by atoms with Gasteiger partial charge in [-0.3, -0.25) is 0 Å². The van der Waals surface area contributed by atoms with Gasteiger partial charge in [-0.1, -0.05) is 0 Å². The van der Waals surface area contributed by atoms with Crippen molar-refractivity contribution in [1.29, 1.82) is 0 Å². The highest BCUT2D eigenvalue weighted by molar-refractivity contribution is 5.19. The molecule has 1 rings (SSSR count).